The third-order valence-corrected chi connectivity index (χ3v) is 2.54. The summed E-state index contributed by atoms with van der Waals surface area (Å²) in [5.74, 6) is 0.638. The van der Waals surface area contributed by atoms with E-state index in [0.29, 0.717) is 16.7 Å². The Morgan fingerprint density at radius 3 is 2.69 bits per heavy atom. The molecular weight excluding hydrogens is 224 g/mol. The molecule has 2 heterocycles. The van der Waals surface area contributed by atoms with E-state index in [4.69, 9.17) is 11.6 Å². The summed E-state index contributed by atoms with van der Waals surface area (Å²) in [5, 5.41) is 0.349. The first-order chi connectivity index (χ1) is 7.84. The first-order valence-electron chi connectivity index (χ1n) is 4.76. The van der Waals surface area contributed by atoms with Crippen LogP contribution in [0.3, 0.4) is 0 Å². The number of fused-ring (bicyclic) bond motifs is 1. The molecule has 5 heteroatoms. The van der Waals surface area contributed by atoms with Gasteiger partial charge in [-0.1, -0.05) is 23.7 Å². The minimum atomic E-state index is 0.349. The normalized spacial score (nSPS) is 10.8. The van der Waals surface area contributed by atoms with E-state index in [1.54, 1.807) is 12.4 Å². The molecule has 0 aliphatic heterocycles. The summed E-state index contributed by atoms with van der Waals surface area (Å²) in [7, 11) is 0. The molecule has 78 valence electrons. The Morgan fingerprint density at radius 2 is 1.88 bits per heavy atom. The first-order valence-corrected chi connectivity index (χ1v) is 5.14. The minimum absolute atomic E-state index is 0.349. The van der Waals surface area contributed by atoms with Crippen LogP contribution in [0.25, 0.3) is 22.6 Å². The highest BCUT2D eigenvalue weighted by Crippen LogP contribution is 2.22. The molecule has 16 heavy (non-hydrogen) atoms. The quantitative estimate of drug-likeness (QED) is 0.699. The smallest absolute Gasteiger partial charge is 0.160 e. The van der Waals surface area contributed by atoms with E-state index in [1.165, 1.54) is 0 Å². The number of nitrogens with zero attached hydrogens (tertiary/aromatic N) is 3. The van der Waals surface area contributed by atoms with Gasteiger partial charge in [0.05, 0.1) is 11.0 Å². The second kappa shape index (κ2) is 3.57. The highest BCUT2D eigenvalue weighted by Gasteiger charge is 2.09. The van der Waals surface area contributed by atoms with Gasteiger partial charge in [0.25, 0.3) is 0 Å². The molecule has 0 radical (unpaired) electrons. The van der Waals surface area contributed by atoms with Gasteiger partial charge in [-0.15, -0.1) is 0 Å². The SMILES string of the molecule is Clc1nccnc1-c1nc2ccccc2[nH]1. The van der Waals surface area contributed by atoms with Gasteiger partial charge < -0.3 is 4.98 Å². The van der Waals surface area contributed by atoms with Gasteiger partial charge in [0, 0.05) is 12.4 Å². The van der Waals surface area contributed by atoms with Crippen LogP contribution in [0.15, 0.2) is 36.7 Å². The van der Waals surface area contributed by atoms with Gasteiger partial charge in [-0.3, -0.25) is 0 Å². The molecule has 2 aromatic heterocycles. The molecule has 1 N–H and O–H groups in total. The fraction of sp³-hybridized carbons (Fsp3) is 0. The second-order valence-corrected chi connectivity index (χ2v) is 3.66. The Labute approximate surface area is 96.3 Å². The molecule has 1 aromatic carbocycles. The summed E-state index contributed by atoms with van der Waals surface area (Å²) in [6.07, 6.45) is 3.14. The summed E-state index contributed by atoms with van der Waals surface area (Å²) >= 11 is 5.95. The maximum atomic E-state index is 5.95. The lowest BCUT2D eigenvalue weighted by Crippen LogP contribution is -1.88. The van der Waals surface area contributed by atoms with Gasteiger partial charge >= 0.3 is 0 Å². The van der Waals surface area contributed by atoms with Crippen molar-refractivity contribution in [2.75, 3.05) is 0 Å². The van der Waals surface area contributed by atoms with Crippen molar-refractivity contribution in [3.05, 3.63) is 41.8 Å². The molecule has 0 aliphatic rings. The van der Waals surface area contributed by atoms with Crippen molar-refractivity contribution in [1.29, 1.82) is 0 Å². The van der Waals surface area contributed by atoms with Crippen LogP contribution in [-0.4, -0.2) is 19.9 Å². The number of hydrogen-bond donors (Lipinski definition) is 1. The molecule has 0 spiro atoms. The van der Waals surface area contributed by atoms with E-state index in [9.17, 15) is 0 Å². The topological polar surface area (TPSA) is 54.5 Å². The number of halogens is 1. The summed E-state index contributed by atoms with van der Waals surface area (Å²) < 4.78 is 0. The van der Waals surface area contributed by atoms with Crippen molar-refractivity contribution in [2.24, 2.45) is 0 Å². The van der Waals surface area contributed by atoms with E-state index in [1.807, 2.05) is 24.3 Å². The number of rotatable bonds is 1. The van der Waals surface area contributed by atoms with Crippen LogP contribution in [0.5, 0.6) is 0 Å². The standard InChI is InChI=1S/C11H7ClN4/c12-10-9(13-5-6-14-10)11-15-7-3-1-2-4-8(7)16-11/h1-6H,(H,15,16). The third kappa shape index (κ3) is 1.44. The largest absolute Gasteiger partial charge is 0.337 e. The van der Waals surface area contributed by atoms with E-state index in [0.717, 1.165) is 11.0 Å². The van der Waals surface area contributed by atoms with Crippen molar-refractivity contribution in [3.8, 4) is 11.5 Å². The van der Waals surface area contributed by atoms with Crippen molar-refractivity contribution < 1.29 is 0 Å². The number of imidazole rings is 1. The zero-order chi connectivity index (χ0) is 11.0. The van der Waals surface area contributed by atoms with Crippen molar-refractivity contribution in [1.82, 2.24) is 19.9 Å². The molecule has 0 aliphatic carbocycles. The molecule has 0 saturated carbocycles. The van der Waals surface area contributed by atoms with E-state index < -0.39 is 0 Å². The number of H-pyrrole nitrogens is 1. The van der Waals surface area contributed by atoms with Crippen molar-refractivity contribution >= 4 is 22.6 Å². The number of benzene rings is 1. The van der Waals surface area contributed by atoms with Crippen molar-refractivity contribution in [3.63, 3.8) is 0 Å². The predicted molar refractivity (Wildman–Crippen MR) is 62.1 cm³/mol. The summed E-state index contributed by atoms with van der Waals surface area (Å²) in [6, 6.07) is 7.77. The Morgan fingerprint density at radius 1 is 1.06 bits per heavy atom. The molecule has 0 atom stereocenters. The van der Waals surface area contributed by atoms with E-state index >= 15 is 0 Å². The van der Waals surface area contributed by atoms with Crippen LogP contribution in [-0.2, 0) is 0 Å². The second-order valence-electron chi connectivity index (χ2n) is 3.30. The van der Waals surface area contributed by atoms with Gasteiger partial charge in [-0.2, -0.15) is 0 Å². The van der Waals surface area contributed by atoms with Crippen molar-refractivity contribution in [2.45, 2.75) is 0 Å². The highest BCUT2D eigenvalue weighted by molar-refractivity contribution is 6.31. The minimum Gasteiger partial charge on any atom is -0.337 e. The summed E-state index contributed by atoms with van der Waals surface area (Å²) in [4.78, 5) is 15.7. The average Bonchev–Trinajstić information content (AvgIpc) is 2.73. The van der Waals surface area contributed by atoms with Crippen LogP contribution in [0.1, 0.15) is 0 Å². The number of hydrogen-bond acceptors (Lipinski definition) is 3. The highest BCUT2D eigenvalue weighted by atomic mass is 35.5. The molecule has 0 unspecified atom stereocenters. The monoisotopic (exact) mass is 230 g/mol. The molecule has 4 nitrogen and oxygen atoms in total. The molecule has 0 amide bonds. The van der Waals surface area contributed by atoms with E-state index in [2.05, 4.69) is 19.9 Å². The van der Waals surface area contributed by atoms with Crippen LogP contribution in [0.4, 0.5) is 0 Å². The lowest BCUT2D eigenvalue weighted by Gasteiger charge is -1.96. The number of nitrogens with one attached hydrogen (secondary N) is 1. The van der Waals surface area contributed by atoms with Gasteiger partial charge in [0.15, 0.2) is 11.0 Å². The molecule has 0 saturated heterocycles. The average molecular weight is 231 g/mol. The molecule has 0 bridgehead atoms. The van der Waals surface area contributed by atoms with Crippen LogP contribution < -0.4 is 0 Å². The molecular formula is C11H7ClN4. The Kier molecular flexibility index (Phi) is 2.08. The molecule has 3 rings (SSSR count). The fourth-order valence-corrected chi connectivity index (χ4v) is 1.74. The van der Waals surface area contributed by atoms with Gasteiger partial charge in [0.2, 0.25) is 0 Å². The fourth-order valence-electron chi connectivity index (χ4n) is 1.54. The van der Waals surface area contributed by atoms with Crippen LogP contribution in [0.2, 0.25) is 5.15 Å². The molecule has 0 fully saturated rings. The number of para-hydroxylation sites is 2. The van der Waals surface area contributed by atoms with E-state index in [-0.39, 0.29) is 0 Å². The number of aromatic amines is 1. The predicted octanol–water partition coefficient (Wildman–Crippen LogP) is 2.67. The zero-order valence-corrected chi connectivity index (χ0v) is 8.94. The zero-order valence-electron chi connectivity index (χ0n) is 8.18. The lowest BCUT2D eigenvalue weighted by atomic mass is 10.3. The van der Waals surface area contributed by atoms with Gasteiger partial charge in [-0.25, -0.2) is 15.0 Å². The van der Waals surface area contributed by atoms with Gasteiger partial charge in [0.1, 0.15) is 5.69 Å². The van der Waals surface area contributed by atoms with Crippen LogP contribution >= 0.6 is 11.6 Å². The number of aromatic nitrogens is 4. The summed E-state index contributed by atoms with van der Waals surface area (Å²) in [6.45, 7) is 0. The Balaban J connectivity index is 2.23. The Hall–Kier alpha value is -1.94. The maximum absolute atomic E-state index is 5.95. The summed E-state index contributed by atoms with van der Waals surface area (Å²) in [5.41, 5.74) is 2.42. The first kappa shape index (κ1) is 9.30. The Bertz CT molecular complexity index is 614. The van der Waals surface area contributed by atoms with Crippen LogP contribution in [0, 0.1) is 0 Å². The lowest BCUT2D eigenvalue weighted by molar-refractivity contribution is 1.17. The maximum Gasteiger partial charge on any atom is 0.160 e. The third-order valence-electron chi connectivity index (χ3n) is 2.27. The van der Waals surface area contributed by atoms with Gasteiger partial charge in [-0.05, 0) is 12.1 Å². The molecule has 3 aromatic rings.